The van der Waals surface area contributed by atoms with E-state index in [0.29, 0.717) is 5.56 Å². The van der Waals surface area contributed by atoms with Crippen LogP contribution in [0.4, 0.5) is 0 Å². The Morgan fingerprint density at radius 2 is 1.83 bits per heavy atom. The molecule has 0 aromatic heterocycles. The molecule has 4 heteroatoms. The summed E-state index contributed by atoms with van der Waals surface area (Å²) in [5.74, 6) is -1.92. The third-order valence-electron chi connectivity index (χ3n) is 5.41. The lowest BCUT2D eigenvalue weighted by molar-refractivity contribution is -0.270. The predicted molar refractivity (Wildman–Crippen MR) is 93.5 cm³/mol. The third-order valence-corrected chi connectivity index (χ3v) is 5.41. The summed E-state index contributed by atoms with van der Waals surface area (Å²) >= 11 is 0. The second-order valence-corrected chi connectivity index (χ2v) is 7.59. The fourth-order valence-corrected chi connectivity index (χ4v) is 3.76. The highest BCUT2D eigenvalue weighted by Gasteiger charge is 2.47. The van der Waals surface area contributed by atoms with E-state index >= 15 is 0 Å². The van der Waals surface area contributed by atoms with Crippen LogP contribution in [0.15, 0.2) is 18.2 Å². The molecular formula is C20H30O4. The zero-order valence-electron chi connectivity index (χ0n) is 15.0. The maximum absolute atomic E-state index is 11.5. The van der Waals surface area contributed by atoms with Crippen LogP contribution >= 0.6 is 0 Å². The van der Waals surface area contributed by atoms with Crippen molar-refractivity contribution in [2.24, 2.45) is 5.92 Å². The van der Waals surface area contributed by atoms with Gasteiger partial charge in [0.25, 0.3) is 0 Å². The molecule has 4 nitrogen and oxygen atoms in total. The van der Waals surface area contributed by atoms with Crippen molar-refractivity contribution in [3.63, 3.8) is 0 Å². The summed E-state index contributed by atoms with van der Waals surface area (Å²) in [7, 11) is 0. The number of carbonyl (C=O) groups excluding carboxylic acids is 1. The molecule has 0 radical (unpaired) electrons. The number of hydrogen-bond acceptors (Lipinski definition) is 4. The molecule has 1 saturated carbocycles. The summed E-state index contributed by atoms with van der Waals surface area (Å²) in [5, 5.41) is 31.0. The van der Waals surface area contributed by atoms with Gasteiger partial charge in [-0.3, -0.25) is 4.79 Å². The fourth-order valence-electron chi connectivity index (χ4n) is 3.76. The minimum atomic E-state index is -2.39. The van der Waals surface area contributed by atoms with Crippen molar-refractivity contribution < 1.29 is 20.1 Å². The highest BCUT2D eigenvalue weighted by atomic mass is 16.5. The lowest BCUT2D eigenvalue weighted by Crippen LogP contribution is -2.50. The van der Waals surface area contributed by atoms with Crippen LogP contribution < -0.4 is 0 Å². The van der Waals surface area contributed by atoms with Crippen molar-refractivity contribution in [2.45, 2.75) is 77.1 Å². The summed E-state index contributed by atoms with van der Waals surface area (Å²) in [5.41, 5.74) is 0.608. The van der Waals surface area contributed by atoms with E-state index in [2.05, 4.69) is 0 Å². The molecule has 0 spiro atoms. The quantitative estimate of drug-likeness (QED) is 0.670. The highest BCUT2D eigenvalue weighted by molar-refractivity contribution is 5.77. The number of aliphatic hydroxyl groups is 3. The number of rotatable bonds is 7. The van der Waals surface area contributed by atoms with Gasteiger partial charge < -0.3 is 15.3 Å². The number of hydrogen-bond donors (Lipinski definition) is 3. The molecule has 0 heterocycles. The van der Waals surface area contributed by atoms with Gasteiger partial charge in [0.05, 0.1) is 0 Å². The van der Waals surface area contributed by atoms with Crippen LogP contribution in [0, 0.1) is 12.8 Å². The maximum atomic E-state index is 11.5. The Morgan fingerprint density at radius 1 is 1.21 bits per heavy atom. The number of ketones is 1. The Morgan fingerprint density at radius 3 is 2.38 bits per heavy atom. The summed E-state index contributed by atoms with van der Waals surface area (Å²) < 4.78 is 0. The van der Waals surface area contributed by atoms with Gasteiger partial charge in [-0.15, -0.1) is 0 Å². The van der Waals surface area contributed by atoms with E-state index in [1.54, 1.807) is 6.07 Å². The van der Waals surface area contributed by atoms with Crippen LogP contribution in [0.5, 0.6) is 0 Å². The molecule has 24 heavy (non-hydrogen) atoms. The number of Topliss-reactive ketones (excluding diaryl/α,β-unsaturated/α-hetero) is 1. The number of carbonyl (C=O) groups is 1. The van der Waals surface area contributed by atoms with Gasteiger partial charge >= 0.3 is 0 Å². The van der Waals surface area contributed by atoms with Crippen molar-refractivity contribution in [3.8, 4) is 0 Å². The van der Waals surface area contributed by atoms with Gasteiger partial charge in [-0.2, -0.15) is 0 Å². The molecule has 1 aliphatic rings. The maximum Gasteiger partial charge on any atom is 0.194 e. The first-order valence-corrected chi connectivity index (χ1v) is 8.90. The third kappa shape index (κ3) is 4.24. The number of aryl methyl sites for hydroxylation is 2. The second-order valence-electron chi connectivity index (χ2n) is 7.59. The van der Waals surface area contributed by atoms with E-state index in [-0.39, 0.29) is 12.2 Å². The van der Waals surface area contributed by atoms with Gasteiger partial charge in [0.1, 0.15) is 11.4 Å². The Bertz CT molecular complexity index is 582. The summed E-state index contributed by atoms with van der Waals surface area (Å²) in [6.07, 6.45) is 6.90. The molecule has 0 amide bonds. The van der Waals surface area contributed by atoms with E-state index < -0.39 is 11.4 Å². The van der Waals surface area contributed by atoms with Crippen LogP contribution in [0.1, 0.15) is 69.1 Å². The lowest BCUT2D eigenvalue weighted by Gasteiger charge is -2.37. The van der Waals surface area contributed by atoms with E-state index in [9.17, 15) is 20.1 Å². The van der Waals surface area contributed by atoms with Crippen LogP contribution in [-0.4, -0.2) is 26.9 Å². The minimum absolute atomic E-state index is 0.292. The molecule has 2 rings (SSSR count). The van der Waals surface area contributed by atoms with Crippen LogP contribution in [0.3, 0.4) is 0 Å². The molecule has 1 fully saturated rings. The Kier molecular flexibility index (Phi) is 5.84. The normalized spacial score (nSPS) is 18.6. The molecule has 3 N–H and O–H groups in total. The Balaban J connectivity index is 2.27. The van der Waals surface area contributed by atoms with Crippen molar-refractivity contribution in [3.05, 3.63) is 34.9 Å². The summed E-state index contributed by atoms with van der Waals surface area (Å²) in [6, 6.07) is 5.40. The van der Waals surface area contributed by atoms with Gasteiger partial charge in [-0.05, 0) is 56.2 Å². The van der Waals surface area contributed by atoms with Gasteiger partial charge in [-0.25, -0.2) is 0 Å². The molecule has 0 saturated heterocycles. The standard InChI is InChI=1S/C20H30O4/c1-14-8-11-18(20(24,13-15(2)21)19(3,22)23)12-17(14)10-9-16-6-4-5-7-16/h8,11-12,16,22-24H,4-7,9-10,13H2,1-3H3. The van der Waals surface area contributed by atoms with E-state index in [4.69, 9.17) is 0 Å². The largest absolute Gasteiger partial charge is 0.379 e. The van der Waals surface area contributed by atoms with Crippen molar-refractivity contribution in [1.82, 2.24) is 0 Å². The molecule has 1 aromatic carbocycles. The molecule has 1 atom stereocenters. The zero-order chi connectivity index (χ0) is 18.0. The Hall–Kier alpha value is -1.23. The van der Waals surface area contributed by atoms with Gasteiger partial charge in [0.2, 0.25) is 0 Å². The van der Waals surface area contributed by atoms with E-state index in [1.807, 2.05) is 19.1 Å². The Labute approximate surface area is 144 Å². The van der Waals surface area contributed by atoms with E-state index in [1.165, 1.54) is 32.6 Å². The van der Waals surface area contributed by atoms with Gasteiger partial charge in [0, 0.05) is 6.42 Å². The molecule has 134 valence electrons. The molecule has 0 bridgehead atoms. The fraction of sp³-hybridized carbons (Fsp3) is 0.650. The van der Waals surface area contributed by atoms with E-state index in [0.717, 1.165) is 36.8 Å². The highest BCUT2D eigenvalue weighted by Crippen LogP contribution is 2.36. The predicted octanol–water partition coefficient (Wildman–Crippen LogP) is 2.99. The molecule has 0 aliphatic heterocycles. The second kappa shape index (κ2) is 7.34. The zero-order valence-corrected chi connectivity index (χ0v) is 15.0. The van der Waals surface area contributed by atoms with Crippen molar-refractivity contribution >= 4 is 5.78 Å². The first-order valence-electron chi connectivity index (χ1n) is 8.90. The molecular weight excluding hydrogens is 304 g/mol. The summed E-state index contributed by atoms with van der Waals surface area (Å²) in [4.78, 5) is 11.5. The van der Waals surface area contributed by atoms with Crippen LogP contribution in [0.2, 0.25) is 0 Å². The van der Waals surface area contributed by atoms with Crippen LogP contribution in [-0.2, 0) is 16.8 Å². The smallest absolute Gasteiger partial charge is 0.194 e. The van der Waals surface area contributed by atoms with Gasteiger partial charge in [0.15, 0.2) is 5.79 Å². The minimum Gasteiger partial charge on any atom is -0.379 e. The molecule has 1 unspecified atom stereocenters. The van der Waals surface area contributed by atoms with Gasteiger partial charge in [-0.1, -0.05) is 43.9 Å². The monoisotopic (exact) mass is 334 g/mol. The average molecular weight is 334 g/mol. The first-order chi connectivity index (χ1) is 11.1. The van der Waals surface area contributed by atoms with Crippen molar-refractivity contribution in [2.75, 3.05) is 0 Å². The topological polar surface area (TPSA) is 77.8 Å². The van der Waals surface area contributed by atoms with Crippen molar-refractivity contribution in [1.29, 1.82) is 0 Å². The van der Waals surface area contributed by atoms with Crippen LogP contribution in [0.25, 0.3) is 0 Å². The summed E-state index contributed by atoms with van der Waals surface area (Å²) in [6.45, 7) is 4.48. The lowest BCUT2D eigenvalue weighted by atomic mass is 9.80. The first kappa shape index (κ1) is 19.1. The molecule has 1 aliphatic carbocycles. The average Bonchev–Trinajstić information content (AvgIpc) is 2.97. The SMILES string of the molecule is CC(=O)CC(O)(c1ccc(C)c(CCC2CCCC2)c1)C(C)(O)O. The molecule has 1 aromatic rings. The number of benzene rings is 1.